The summed E-state index contributed by atoms with van der Waals surface area (Å²) in [5.41, 5.74) is 1.10. The molecule has 0 spiro atoms. The van der Waals surface area contributed by atoms with E-state index in [1.54, 1.807) is 7.11 Å². The van der Waals surface area contributed by atoms with E-state index in [0.717, 1.165) is 37.6 Å². The number of hydrogen-bond donors (Lipinski definition) is 0. The molecule has 2 atom stereocenters. The fourth-order valence-electron chi connectivity index (χ4n) is 4.23. The molecule has 0 unspecified atom stereocenters. The van der Waals surface area contributed by atoms with Crippen molar-refractivity contribution in [2.75, 3.05) is 44.9 Å². The van der Waals surface area contributed by atoms with Crippen LogP contribution in [0.4, 0.5) is 5.69 Å². The first kappa shape index (κ1) is 17.1. The Bertz CT molecular complexity index is 699. The lowest BCUT2D eigenvalue weighted by molar-refractivity contribution is -0.142. The number of nitrogens with zero attached hydrogens (tertiary/aromatic N) is 3. The zero-order valence-electron chi connectivity index (χ0n) is 15.1. The molecule has 0 saturated carbocycles. The van der Waals surface area contributed by atoms with Gasteiger partial charge in [-0.1, -0.05) is 24.3 Å². The Labute approximate surface area is 154 Å². The number of amides is 2. The quantitative estimate of drug-likeness (QED) is 0.608. The van der Waals surface area contributed by atoms with Gasteiger partial charge in [0, 0.05) is 26.2 Å². The maximum absolute atomic E-state index is 12.6. The molecule has 6 heteroatoms. The third-order valence-corrected chi connectivity index (χ3v) is 5.74. The number of carbonyl (C=O) groups is 2. The van der Waals surface area contributed by atoms with Gasteiger partial charge in [-0.05, 0) is 25.0 Å². The van der Waals surface area contributed by atoms with E-state index in [2.05, 4.69) is 15.9 Å². The number of anilines is 1. The number of fused-ring (bicyclic) bond motifs is 1. The number of likely N-dealkylation sites (tertiary alicyclic amines) is 1. The Kier molecular flexibility index (Phi) is 4.68. The van der Waals surface area contributed by atoms with Crippen LogP contribution in [-0.4, -0.2) is 61.6 Å². The van der Waals surface area contributed by atoms with Gasteiger partial charge in [-0.3, -0.25) is 19.4 Å². The van der Waals surface area contributed by atoms with Crippen LogP contribution < -0.4 is 9.64 Å². The third kappa shape index (κ3) is 2.98. The van der Waals surface area contributed by atoms with Gasteiger partial charge in [-0.15, -0.1) is 0 Å². The van der Waals surface area contributed by atoms with E-state index >= 15 is 0 Å². The van der Waals surface area contributed by atoms with Crippen LogP contribution in [0.5, 0.6) is 5.75 Å². The number of benzene rings is 1. The zero-order valence-corrected chi connectivity index (χ0v) is 15.1. The molecule has 0 radical (unpaired) electrons. The molecule has 2 amide bonds. The highest BCUT2D eigenvalue weighted by molar-refractivity contribution is 6.05. The SMILES string of the molecule is COc1ccccc1N1CCN(CN2C(=O)[C@@H]3CC=CC[C@H]3C2=O)CC1. The summed E-state index contributed by atoms with van der Waals surface area (Å²) in [6, 6.07) is 8.03. The lowest BCUT2D eigenvalue weighted by atomic mass is 9.85. The molecule has 0 N–H and O–H groups in total. The molecule has 0 aromatic heterocycles. The predicted octanol–water partition coefficient (Wildman–Crippen LogP) is 1.73. The highest BCUT2D eigenvalue weighted by Gasteiger charge is 2.47. The number of piperazine rings is 1. The standard InChI is InChI=1S/C20H25N3O3/c1-26-18-9-5-4-8-17(18)22-12-10-21(11-13-22)14-23-19(24)15-6-2-3-7-16(15)20(23)25/h2-5,8-9,15-16H,6-7,10-14H2,1H3/t15-,16-/m1/s1. The summed E-state index contributed by atoms with van der Waals surface area (Å²) in [6.45, 7) is 3.77. The number of imide groups is 1. The van der Waals surface area contributed by atoms with E-state index in [1.807, 2.05) is 30.4 Å². The van der Waals surface area contributed by atoms with E-state index in [1.165, 1.54) is 4.90 Å². The minimum absolute atomic E-state index is 0.0107. The van der Waals surface area contributed by atoms with Crippen molar-refractivity contribution in [2.45, 2.75) is 12.8 Å². The van der Waals surface area contributed by atoms with Gasteiger partial charge >= 0.3 is 0 Å². The molecule has 1 aromatic carbocycles. The highest BCUT2D eigenvalue weighted by Crippen LogP contribution is 2.35. The Hall–Kier alpha value is -2.34. The largest absolute Gasteiger partial charge is 0.495 e. The van der Waals surface area contributed by atoms with Gasteiger partial charge in [0.15, 0.2) is 0 Å². The first-order chi connectivity index (χ1) is 12.7. The van der Waals surface area contributed by atoms with Crippen LogP contribution in [0.2, 0.25) is 0 Å². The van der Waals surface area contributed by atoms with E-state index in [9.17, 15) is 9.59 Å². The van der Waals surface area contributed by atoms with Crippen molar-refractivity contribution in [1.82, 2.24) is 9.80 Å². The second-order valence-electron chi connectivity index (χ2n) is 7.18. The monoisotopic (exact) mass is 355 g/mol. The van der Waals surface area contributed by atoms with Gasteiger partial charge in [0.2, 0.25) is 11.8 Å². The second-order valence-corrected chi connectivity index (χ2v) is 7.18. The number of allylic oxidation sites excluding steroid dienone is 2. The lowest BCUT2D eigenvalue weighted by Crippen LogP contribution is -2.51. The van der Waals surface area contributed by atoms with Crippen molar-refractivity contribution in [3.8, 4) is 5.75 Å². The van der Waals surface area contributed by atoms with Gasteiger partial charge in [-0.2, -0.15) is 0 Å². The molecular formula is C20H25N3O3. The van der Waals surface area contributed by atoms with Crippen molar-refractivity contribution >= 4 is 17.5 Å². The zero-order chi connectivity index (χ0) is 18.1. The number of methoxy groups -OCH3 is 1. The average Bonchev–Trinajstić information content (AvgIpc) is 2.94. The minimum Gasteiger partial charge on any atom is -0.495 e. The molecule has 4 rings (SSSR count). The maximum Gasteiger partial charge on any atom is 0.234 e. The molecule has 1 aliphatic carbocycles. The van der Waals surface area contributed by atoms with Gasteiger partial charge < -0.3 is 9.64 Å². The number of rotatable bonds is 4. The summed E-state index contributed by atoms with van der Waals surface area (Å²) in [7, 11) is 1.69. The Balaban J connectivity index is 1.37. The van der Waals surface area contributed by atoms with E-state index in [0.29, 0.717) is 19.5 Å². The average molecular weight is 355 g/mol. The van der Waals surface area contributed by atoms with E-state index < -0.39 is 0 Å². The predicted molar refractivity (Wildman–Crippen MR) is 98.9 cm³/mol. The third-order valence-electron chi connectivity index (χ3n) is 5.74. The number of ether oxygens (including phenoxy) is 1. The van der Waals surface area contributed by atoms with Crippen molar-refractivity contribution in [1.29, 1.82) is 0 Å². The molecule has 2 saturated heterocycles. The molecule has 2 fully saturated rings. The molecule has 3 aliphatic rings. The van der Waals surface area contributed by atoms with Crippen molar-refractivity contribution in [2.24, 2.45) is 11.8 Å². The number of para-hydroxylation sites is 2. The number of hydrogen-bond acceptors (Lipinski definition) is 5. The van der Waals surface area contributed by atoms with Crippen molar-refractivity contribution in [3.63, 3.8) is 0 Å². The van der Waals surface area contributed by atoms with Gasteiger partial charge in [0.25, 0.3) is 0 Å². The van der Waals surface area contributed by atoms with Crippen LogP contribution in [-0.2, 0) is 9.59 Å². The van der Waals surface area contributed by atoms with Crippen LogP contribution in [0.3, 0.4) is 0 Å². The Morgan fingerprint density at radius 3 is 2.19 bits per heavy atom. The molecule has 26 heavy (non-hydrogen) atoms. The fourth-order valence-corrected chi connectivity index (χ4v) is 4.23. The lowest BCUT2D eigenvalue weighted by Gasteiger charge is -2.37. The van der Waals surface area contributed by atoms with Crippen LogP contribution in [0.25, 0.3) is 0 Å². The van der Waals surface area contributed by atoms with E-state index in [-0.39, 0.29) is 23.7 Å². The van der Waals surface area contributed by atoms with Crippen LogP contribution in [0.1, 0.15) is 12.8 Å². The summed E-state index contributed by atoms with van der Waals surface area (Å²) in [4.78, 5) is 31.2. The Morgan fingerprint density at radius 1 is 0.962 bits per heavy atom. The molecular weight excluding hydrogens is 330 g/mol. The summed E-state index contributed by atoms with van der Waals surface area (Å²) in [5.74, 6) is 0.625. The van der Waals surface area contributed by atoms with Gasteiger partial charge in [-0.25, -0.2) is 0 Å². The van der Waals surface area contributed by atoms with Crippen LogP contribution in [0, 0.1) is 11.8 Å². The molecule has 1 aromatic rings. The highest BCUT2D eigenvalue weighted by atomic mass is 16.5. The fraction of sp³-hybridized carbons (Fsp3) is 0.500. The smallest absolute Gasteiger partial charge is 0.234 e. The second kappa shape index (κ2) is 7.11. The number of carbonyl (C=O) groups excluding carboxylic acids is 2. The summed E-state index contributed by atoms with van der Waals surface area (Å²) in [6.07, 6.45) is 5.46. The minimum atomic E-state index is -0.137. The van der Waals surface area contributed by atoms with Gasteiger partial charge in [0.05, 0.1) is 31.3 Å². The topological polar surface area (TPSA) is 53.1 Å². The summed E-state index contributed by atoms with van der Waals surface area (Å²) >= 11 is 0. The van der Waals surface area contributed by atoms with Crippen LogP contribution >= 0.6 is 0 Å². The van der Waals surface area contributed by atoms with Crippen LogP contribution in [0.15, 0.2) is 36.4 Å². The summed E-state index contributed by atoms with van der Waals surface area (Å²) < 4.78 is 5.46. The first-order valence-corrected chi connectivity index (χ1v) is 9.29. The molecule has 6 nitrogen and oxygen atoms in total. The molecule has 138 valence electrons. The van der Waals surface area contributed by atoms with E-state index in [4.69, 9.17) is 4.74 Å². The maximum atomic E-state index is 12.6. The molecule has 2 aliphatic heterocycles. The van der Waals surface area contributed by atoms with Gasteiger partial charge in [0.1, 0.15) is 5.75 Å². The Morgan fingerprint density at radius 2 is 1.58 bits per heavy atom. The van der Waals surface area contributed by atoms with Crippen molar-refractivity contribution < 1.29 is 14.3 Å². The van der Waals surface area contributed by atoms with Crippen molar-refractivity contribution in [3.05, 3.63) is 36.4 Å². The first-order valence-electron chi connectivity index (χ1n) is 9.29. The normalized spacial score (nSPS) is 26.3. The molecule has 2 heterocycles. The molecule has 0 bridgehead atoms. The summed E-state index contributed by atoms with van der Waals surface area (Å²) in [5, 5.41) is 0.